The van der Waals surface area contributed by atoms with Gasteiger partial charge in [-0.05, 0) is 12.3 Å². The number of aryl methyl sites for hydroxylation is 1. The number of nitrogens with one attached hydrogen (secondary N) is 1. The third kappa shape index (κ3) is 3.14. The molecule has 0 aliphatic carbocycles. The van der Waals surface area contributed by atoms with Crippen molar-refractivity contribution in [1.82, 2.24) is 9.36 Å². The van der Waals surface area contributed by atoms with E-state index in [0.29, 0.717) is 0 Å². The Morgan fingerprint density at radius 1 is 1.62 bits per heavy atom. The molecular weight excluding hydrogens is 182 g/mol. The van der Waals surface area contributed by atoms with Crippen LogP contribution < -0.4 is 5.32 Å². The summed E-state index contributed by atoms with van der Waals surface area (Å²) >= 11 is 1.39. The van der Waals surface area contributed by atoms with Crippen molar-refractivity contribution >= 4 is 16.7 Å². The maximum Gasteiger partial charge on any atom is 0.202 e. The van der Waals surface area contributed by atoms with E-state index in [-0.39, 0.29) is 5.41 Å². The monoisotopic (exact) mass is 197 g/mol. The Hall–Kier alpha value is -0.900. The van der Waals surface area contributed by atoms with Gasteiger partial charge in [0.25, 0.3) is 0 Å². The van der Waals surface area contributed by atoms with Crippen LogP contribution >= 0.6 is 11.5 Å². The van der Waals surface area contributed by atoms with Crippen molar-refractivity contribution in [2.24, 2.45) is 5.41 Å². The molecule has 0 amide bonds. The van der Waals surface area contributed by atoms with Crippen LogP contribution in [0.15, 0.2) is 12.7 Å². The zero-order valence-electron chi connectivity index (χ0n) is 8.29. The summed E-state index contributed by atoms with van der Waals surface area (Å²) in [5.41, 5.74) is 0.0968. The van der Waals surface area contributed by atoms with Crippen molar-refractivity contribution in [2.45, 2.75) is 20.8 Å². The maximum atomic E-state index is 4.21. The molecule has 1 aromatic heterocycles. The summed E-state index contributed by atoms with van der Waals surface area (Å²) in [6.45, 7) is 10.8. The molecule has 1 aromatic rings. The van der Waals surface area contributed by atoms with E-state index in [1.807, 2.05) is 13.0 Å². The fourth-order valence-electron chi connectivity index (χ4n) is 0.744. The van der Waals surface area contributed by atoms with E-state index in [4.69, 9.17) is 0 Å². The quantitative estimate of drug-likeness (QED) is 0.753. The van der Waals surface area contributed by atoms with Crippen LogP contribution in [-0.4, -0.2) is 15.9 Å². The summed E-state index contributed by atoms with van der Waals surface area (Å²) in [6.07, 6.45) is 1.94. The van der Waals surface area contributed by atoms with Crippen LogP contribution in [-0.2, 0) is 0 Å². The summed E-state index contributed by atoms with van der Waals surface area (Å²) < 4.78 is 4.09. The molecule has 0 fully saturated rings. The molecule has 4 heteroatoms. The van der Waals surface area contributed by atoms with Crippen LogP contribution in [0.5, 0.6) is 0 Å². The molecule has 0 aliphatic rings. The molecule has 1 N–H and O–H groups in total. The number of aromatic nitrogens is 2. The first kappa shape index (κ1) is 10.2. The largest absolute Gasteiger partial charge is 0.359 e. The molecule has 3 nitrogen and oxygen atoms in total. The van der Waals surface area contributed by atoms with Crippen LogP contribution in [0.4, 0.5) is 5.13 Å². The summed E-state index contributed by atoms with van der Waals surface area (Å²) in [7, 11) is 0. The van der Waals surface area contributed by atoms with Crippen molar-refractivity contribution in [3.05, 3.63) is 18.5 Å². The van der Waals surface area contributed by atoms with E-state index >= 15 is 0 Å². The number of anilines is 1. The highest BCUT2D eigenvalue weighted by Crippen LogP contribution is 2.18. The SMILES string of the molecule is C=CC(C)(C)CNc1nc(C)ns1. The van der Waals surface area contributed by atoms with Gasteiger partial charge >= 0.3 is 0 Å². The topological polar surface area (TPSA) is 37.8 Å². The molecule has 0 spiro atoms. The van der Waals surface area contributed by atoms with Gasteiger partial charge in [0.05, 0.1) is 0 Å². The average Bonchev–Trinajstić information content (AvgIpc) is 2.48. The van der Waals surface area contributed by atoms with Crippen LogP contribution in [0.3, 0.4) is 0 Å². The second kappa shape index (κ2) is 3.87. The minimum absolute atomic E-state index is 0.0968. The van der Waals surface area contributed by atoms with Gasteiger partial charge in [-0.3, -0.25) is 0 Å². The molecule has 13 heavy (non-hydrogen) atoms. The van der Waals surface area contributed by atoms with Gasteiger partial charge in [-0.15, -0.1) is 6.58 Å². The Morgan fingerprint density at radius 2 is 2.31 bits per heavy atom. The molecule has 1 heterocycles. The predicted octanol–water partition coefficient (Wildman–Crippen LogP) is 2.47. The second-order valence-electron chi connectivity index (χ2n) is 3.69. The lowest BCUT2D eigenvalue weighted by Crippen LogP contribution is -2.20. The predicted molar refractivity (Wildman–Crippen MR) is 57.1 cm³/mol. The fourth-order valence-corrected chi connectivity index (χ4v) is 1.31. The zero-order valence-corrected chi connectivity index (χ0v) is 9.11. The van der Waals surface area contributed by atoms with Crippen molar-refractivity contribution in [1.29, 1.82) is 0 Å². The average molecular weight is 197 g/mol. The Morgan fingerprint density at radius 3 is 2.77 bits per heavy atom. The highest BCUT2D eigenvalue weighted by Gasteiger charge is 2.12. The zero-order chi connectivity index (χ0) is 9.90. The van der Waals surface area contributed by atoms with Crippen LogP contribution in [0.1, 0.15) is 19.7 Å². The molecule has 0 atom stereocenters. The third-order valence-corrected chi connectivity index (χ3v) is 2.54. The first-order valence-corrected chi connectivity index (χ1v) is 4.98. The minimum Gasteiger partial charge on any atom is -0.359 e. The Bertz CT molecular complexity index is 291. The highest BCUT2D eigenvalue weighted by molar-refractivity contribution is 7.09. The number of hydrogen-bond donors (Lipinski definition) is 1. The highest BCUT2D eigenvalue weighted by atomic mass is 32.1. The summed E-state index contributed by atoms with van der Waals surface area (Å²) in [5.74, 6) is 0.823. The van der Waals surface area contributed by atoms with Crippen molar-refractivity contribution in [3.8, 4) is 0 Å². The molecule has 1 rings (SSSR count). The van der Waals surface area contributed by atoms with Crippen LogP contribution in [0.2, 0.25) is 0 Å². The summed E-state index contributed by atoms with van der Waals surface area (Å²) in [5, 5.41) is 4.11. The van der Waals surface area contributed by atoms with Gasteiger partial charge in [-0.2, -0.15) is 4.37 Å². The number of hydrogen-bond acceptors (Lipinski definition) is 4. The Labute approximate surface area is 83.1 Å². The lowest BCUT2D eigenvalue weighted by Gasteiger charge is -2.19. The maximum absolute atomic E-state index is 4.21. The van der Waals surface area contributed by atoms with E-state index < -0.39 is 0 Å². The molecule has 0 saturated carbocycles. The normalized spacial score (nSPS) is 11.3. The van der Waals surface area contributed by atoms with Crippen molar-refractivity contribution in [3.63, 3.8) is 0 Å². The van der Waals surface area contributed by atoms with Gasteiger partial charge in [-0.1, -0.05) is 19.9 Å². The standard InChI is InChI=1S/C9H15N3S/c1-5-9(3,4)6-10-8-11-7(2)12-13-8/h5H,1,6H2,2-4H3,(H,10,11,12). The molecule has 0 bridgehead atoms. The smallest absolute Gasteiger partial charge is 0.202 e. The second-order valence-corrected chi connectivity index (χ2v) is 4.44. The number of rotatable bonds is 4. The van der Waals surface area contributed by atoms with Gasteiger partial charge in [0.15, 0.2) is 0 Å². The van der Waals surface area contributed by atoms with Crippen molar-refractivity contribution in [2.75, 3.05) is 11.9 Å². The Kier molecular flexibility index (Phi) is 3.03. The van der Waals surface area contributed by atoms with Gasteiger partial charge in [0, 0.05) is 18.1 Å². The van der Waals surface area contributed by atoms with Crippen LogP contribution in [0.25, 0.3) is 0 Å². The molecule has 72 valence electrons. The first-order chi connectivity index (χ1) is 6.03. The summed E-state index contributed by atoms with van der Waals surface area (Å²) in [6, 6.07) is 0. The fraction of sp³-hybridized carbons (Fsp3) is 0.556. The van der Waals surface area contributed by atoms with Gasteiger partial charge in [0.1, 0.15) is 5.82 Å². The van der Waals surface area contributed by atoms with E-state index in [1.165, 1.54) is 11.5 Å². The molecular formula is C9H15N3S. The lowest BCUT2D eigenvalue weighted by atomic mass is 9.94. The minimum atomic E-state index is 0.0968. The molecule has 0 radical (unpaired) electrons. The van der Waals surface area contributed by atoms with Crippen molar-refractivity contribution < 1.29 is 0 Å². The third-order valence-electron chi connectivity index (χ3n) is 1.78. The number of nitrogens with zero attached hydrogens (tertiary/aromatic N) is 2. The van der Waals surface area contributed by atoms with Gasteiger partial charge in [-0.25, -0.2) is 4.98 Å². The molecule has 0 aliphatic heterocycles. The van der Waals surface area contributed by atoms with E-state index in [1.54, 1.807) is 0 Å². The lowest BCUT2D eigenvalue weighted by molar-refractivity contribution is 0.514. The van der Waals surface area contributed by atoms with Crippen LogP contribution in [0, 0.1) is 12.3 Å². The van der Waals surface area contributed by atoms with E-state index in [2.05, 4.69) is 35.1 Å². The van der Waals surface area contributed by atoms with Gasteiger partial charge in [0.2, 0.25) is 5.13 Å². The molecule has 0 aromatic carbocycles. The van der Waals surface area contributed by atoms with E-state index in [0.717, 1.165) is 17.5 Å². The Balaban J connectivity index is 2.48. The summed E-state index contributed by atoms with van der Waals surface area (Å²) in [4.78, 5) is 4.21. The molecule has 0 unspecified atom stereocenters. The van der Waals surface area contributed by atoms with E-state index in [9.17, 15) is 0 Å². The van der Waals surface area contributed by atoms with Gasteiger partial charge < -0.3 is 5.32 Å². The first-order valence-electron chi connectivity index (χ1n) is 4.21. The molecule has 0 saturated heterocycles.